The van der Waals surface area contributed by atoms with Crippen molar-refractivity contribution in [3.8, 4) is 11.3 Å². The number of amides is 1. The van der Waals surface area contributed by atoms with Crippen molar-refractivity contribution in [3.05, 3.63) is 88.0 Å². The lowest BCUT2D eigenvalue weighted by Crippen LogP contribution is -2.29. The summed E-state index contributed by atoms with van der Waals surface area (Å²) in [6.07, 6.45) is 0. The minimum absolute atomic E-state index is 0.0997. The van der Waals surface area contributed by atoms with Crippen LogP contribution in [0.2, 0.25) is 0 Å². The number of nitrogens with one attached hydrogen (secondary N) is 1. The van der Waals surface area contributed by atoms with E-state index in [2.05, 4.69) is 10.3 Å². The Hall–Kier alpha value is -3.84. The highest BCUT2D eigenvalue weighted by Gasteiger charge is 2.17. The summed E-state index contributed by atoms with van der Waals surface area (Å²) in [4.78, 5) is 36.2. The molecule has 5 rings (SSSR count). The molecule has 0 bridgehead atoms. The number of aromatic nitrogens is 3. The molecule has 33 heavy (non-hydrogen) atoms. The van der Waals surface area contributed by atoms with Crippen LogP contribution >= 0.6 is 11.3 Å². The molecular formula is C26H22N4O2S. The van der Waals surface area contributed by atoms with Gasteiger partial charge in [-0.05, 0) is 56.2 Å². The Morgan fingerprint density at radius 3 is 2.52 bits per heavy atom. The van der Waals surface area contributed by atoms with Crippen molar-refractivity contribution in [3.63, 3.8) is 0 Å². The zero-order valence-electron chi connectivity index (χ0n) is 18.5. The van der Waals surface area contributed by atoms with Gasteiger partial charge in [-0.25, -0.2) is 9.97 Å². The van der Waals surface area contributed by atoms with E-state index < -0.39 is 0 Å². The van der Waals surface area contributed by atoms with Gasteiger partial charge >= 0.3 is 0 Å². The predicted octanol–water partition coefficient (Wildman–Crippen LogP) is 5.24. The van der Waals surface area contributed by atoms with Crippen LogP contribution in [0.25, 0.3) is 31.7 Å². The zero-order chi connectivity index (χ0) is 23.1. The van der Waals surface area contributed by atoms with Gasteiger partial charge in [0.05, 0.1) is 11.2 Å². The summed E-state index contributed by atoms with van der Waals surface area (Å²) < 4.78 is 1.93. The second-order valence-electron chi connectivity index (χ2n) is 8.09. The number of hydrogen-bond acceptors (Lipinski definition) is 5. The Morgan fingerprint density at radius 2 is 1.76 bits per heavy atom. The lowest BCUT2D eigenvalue weighted by atomic mass is 10.1. The van der Waals surface area contributed by atoms with Crippen molar-refractivity contribution < 1.29 is 4.79 Å². The number of carbonyl (C=O) groups is 1. The van der Waals surface area contributed by atoms with E-state index in [0.717, 1.165) is 32.6 Å². The maximum Gasteiger partial charge on any atom is 0.272 e. The Morgan fingerprint density at radius 1 is 0.970 bits per heavy atom. The number of nitrogens with zero attached hydrogens (tertiary/aromatic N) is 3. The van der Waals surface area contributed by atoms with E-state index in [-0.39, 0.29) is 18.0 Å². The average Bonchev–Trinajstić information content (AvgIpc) is 3.17. The van der Waals surface area contributed by atoms with Gasteiger partial charge < -0.3 is 5.32 Å². The van der Waals surface area contributed by atoms with Crippen LogP contribution in [-0.2, 0) is 11.3 Å². The highest BCUT2D eigenvalue weighted by atomic mass is 32.1. The molecule has 0 aliphatic rings. The maximum absolute atomic E-state index is 13.3. The monoisotopic (exact) mass is 454 g/mol. The van der Waals surface area contributed by atoms with E-state index in [4.69, 9.17) is 4.98 Å². The van der Waals surface area contributed by atoms with E-state index >= 15 is 0 Å². The van der Waals surface area contributed by atoms with Gasteiger partial charge in [-0.2, -0.15) is 0 Å². The van der Waals surface area contributed by atoms with Crippen molar-refractivity contribution in [2.24, 2.45) is 0 Å². The molecular weight excluding hydrogens is 432 g/mol. The lowest BCUT2D eigenvalue weighted by Gasteiger charge is -2.11. The number of rotatable bonds is 4. The second-order valence-corrected chi connectivity index (χ2v) is 9.09. The Kier molecular flexibility index (Phi) is 5.26. The molecule has 0 atom stereocenters. The number of fused-ring (bicyclic) bond motifs is 3. The van der Waals surface area contributed by atoms with Gasteiger partial charge in [-0.3, -0.25) is 14.2 Å². The number of carbonyl (C=O) groups excluding carboxylic acids is 1. The van der Waals surface area contributed by atoms with Gasteiger partial charge in [0.1, 0.15) is 21.9 Å². The van der Waals surface area contributed by atoms with Gasteiger partial charge in [-0.15, -0.1) is 11.3 Å². The summed E-state index contributed by atoms with van der Waals surface area (Å²) in [5.41, 5.74) is 5.23. The first-order valence-corrected chi connectivity index (χ1v) is 11.5. The zero-order valence-corrected chi connectivity index (χ0v) is 19.4. The van der Waals surface area contributed by atoms with Crippen molar-refractivity contribution in [1.82, 2.24) is 14.5 Å². The third-order valence-electron chi connectivity index (χ3n) is 5.79. The third-order valence-corrected chi connectivity index (χ3v) is 6.87. The van der Waals surface area contributed by atoms with Gasteiger partial charge in [0, 0.05) is 16.6 Å². The lowest BCUT2D eigenvalue weighted by molar-refractivity contribution is -0.116. The van der Waals surface area contributed by atoms with Crippen LogP contribution in [0.3, 0.4) is 0 Å². The summed E-state index contributed by atoms with van der Waals surface area (Å²) in [5.74, 6) is 0.227. The molecule has 164 valence electrons. The fourth-order valence-corrected chi connectivity index (χ4v) is 4.89. The molecule has 2 aromatic carbocycles. The van der Waals surface area contributed by atoms with Crippen LogP contribution < -0.4 is 10.9 Å². The molecule has 0 spiro atoms. The maximum atomic E-state index is 13.3. The molecule has 7 heteroatoms. The summed E-state index contributed by atoms with van der Waals surface area (Å²) in [5, 5.41) is 3.73. The minimum atomic E-state index is -0.268. The molecule has 0 saturated heterocycles. The van der Waals surface area contributed by atoms with E-state index in [9.17, 15) is 9.59 Å². The molecule has 0 radical (unpaired) electrons. The van der Waals surface area contributed by atoms with Gasteiger partial charge in [0.15, 0.2) is 0 Å². The quantitative estimate of drug-likeness (QED) is 0.403. The highest BCUT2D eigenvalue weighted by Crippen LogP contribution is 2.31. The van der Waals surface area contributed by atoms with Crippen LogP contribution in [0.5, 0.6) is 0 Å². The first-order valence-electron chi connectivity index (χ1n) is 10.6. The van der Waals surface area contributed by atoms with Crippen LogP contribution in [0, 0.1) is 20.8 Å². The van der Waals surface area contributed by atoms with Crippen molar-refractivity contribution in [2.45, 2.75) is 27.3 Å². The van der Waals surface area contributed by atoms with Crippen LogP contribution in [0.15, 0.2) is 65.5 Å². The van der Waals surface area contributed by atoms with Gasteiger partial charge in [-0.1, -0.05) is 36.4 Å². The third kappa shape index (κ3) is 3.91. The molecule has 3 aromatic heterocycles. The molecule has 5 aromatic rings. The van der Waals surface area contributed by atoms with Gasteiger partial charge in [0.25, 0.3) is 5.56 Å². The Balaban J connectivity index is 1.50. The summed E-state index contributed by atoms with van der Waals surface area (Å²) >= 11 is 1.32. The molecule has 0 aliphatic carbocycles. The van der Waals surface area contributed by atoms with Crippen molar-refractivity contribution >= 4 is 43.4 Å². The summed E-state index contributed by atoms with van der Waals surface area (Å²) in [6, 6.07) is 19.6. The topological polar surface area (TPSA) is 76.9 Å². The number of hydrogen-bond donors (Lipinski definition) is 1. The molecule has 6 nitrogen and oxygen atoms in total. The molecule has 1 N–H and O–H groups in total. The number of thiophene rings is 1. The van der Waals surface area contributed by atoms with Crippen molar-refractivity contribution in [1.29, 1.82) is 0 Å². The van der Waals surface area contributed by atoms with E-state index in [1.54, 1.807) is 6.92 Å². The average molecular weight is 455 g/mol. The highest BCUT2D eigenvalue weighted by molar-refractivity contribution is 7.25. The van der Waals surface area contributed by atoms with E-state index in [1.807, 2.05) is 74.5 Å². The van der Waals surface area contributed by atoms with Crippen LogP contribution in [0.4, 0.5) is 5.69 Å². The Labute approximate surface area is 194 Å². The Bertz CT molecular complexity index is 1590. The molecule has 3 heterocycles. The first kappa shape index (κ1) is 21.0. The van der Waals surface area contributed by atoms with Crippen LogP contribution in [-0.4, -0.2) is 20.4 Å². The summed E-state index contributed by atoms with van der Waals surface area (Å²) in [6.45, 7) is 5.67. The van der Waals surface area contributed by atoms with Crippen molar-refractivity contribution in [2.75, 3.05) is 5.32 Å². The smallest absolute Gasteiger partial charge is 0.272 e. The normalized spacial score (nSPS) is 11.2. The number of pyridine rings is 1. The molecule has 0 unspecified atom stereocenters. The van der Waals surface area contributed by atoms with Crippen LogP contribution in [0.1, 0.15) is 17.0 Å². The number of anilines is 1. The molecule has 1 amide bonds. The fraction of sp³-hybridized carbons (Fsp3) is 0.154. The molecule has 0 fully saturated rings. The minimum Gasteiger partial charge on any atom is -0.325 e. The summed E-state index contributed by atoms with van der Waals surface area (Å²) in [7, 11) is 0. The van der Waals surface area contributed by atoms with Gasteiger partial charge in [0.2, 0.25) is 5.91 Å². The standard InChI is InChI=1S/C26H22N4O2S/c1-15-9-10-19(13-16(15)2)28-22(31)14-30-17(3)27-23-20-11-12-21(18-7-5-4-6-8-18)29-25(20)33-24(23)26(30)32/h4-13H,14H2,1-3H3,(H,28,31). The SMILES string of the molecule is Cc1ccc(NC(=O)Cn2c(C)nc3c(sc4nc(-c5ccccc5)ccc43)c2=O)cc1C. The number of benzene rings is 2. The second kappa shape index (κ2) is 8.26. The molecule has 0 saturated carbocycles. The predicted molar refractivity (Wildman–Crippen MR) is 134 cm³/mol. The number of aryl methyl sites for hydroxylation is 3. The molecule has 0 aliphatic heterocycles. The largest absolute Gasteiger partial charge is 0.325 e. The first-order chi connectivity index (χ1) is 15.9. The fourth-order valence-electron chi connectivity index (χ4n) is 3.83. The van der Waals surface area contributed by atoms with E-state index in [0.29, 0.717) is 21.7 Å². The van der Waals surface area contributed by atoms with E-state index in [1.165, 1.54) is 15.9 Å².